The Balaban J connectivity index is 1.42. The van der Waals surface area contributed by atoms with Crippen LogP contribution < -0.4 is 5.32 Å². The number of likely N-dealkylation sites (tertiary alicyclic amines) is 1. The standard InChI is InChI=1S/C25H23FN6/c26-20-4-3-6-21(14-20)29-24-15-23(18-7-11-27-12-8-18)30-25(31-24)19-9-13-32(16-19)17-22-5-1-2-10-28-22/h1-8,10-12,14-15,19H,9,13,16-17H2,(H,29,30,31)/t19-/m1/s1. The molecule has 5 rings (SSSR count). The van der Waals surface area contributed by atoms with E-state index in [0.29, 0.717) is 11.5 Å². The first-order chi connectivity index (χ1) is 15.7. The lowest BCUT2D eigenvalue weighted by molar-refractivity contribution is 0.321. The Bertz CT molecular complexity index is 1190. The predicted octanol–water partition coefficient (Wildman–Crippen LogP) is 4.81. The highest BCUT2D eigenvalue weighted by molar-refractivity contribution is 5.65. The fraction of sp³-hybridized carbons (Fsp3) is 0.200. The molecular formula is C25H23FN6. The maximum Gasteiger partial charge on any atom is 0.135 e. The molecule has 1 saturated heterocycles. The van der Waals surface area contributed by atoms with Gasteiger partial charge in [-0.2, -0.15) is 0 Å². The molecule has 1 atom stereocenters. The van der Waals surface area contributed by atoms with Crippen molar-refractivity contribution in [1.29, 1.82) is 0 Å². The molecule has 32 heavy (non-hydrogen) atoms. The van der Waals surface area contributed by atoms with Crippen LogP contribution in [-0.2, 0) is 6.54 Å². The zero-order chi connectivity index (χ0) is 21.8. The molecule has 0 spiro atoms. The number of pyridine rings is 2. The molecule has 160 valence electrons. The highest BCUT2D eigenvalue weighted by Gasteiger charge is 2.27. The molecule has 0 bridgehead atoms. The average Bonchev–Trinajstić information content (AvgIpc) is 3.29. The summed E-state index contributed by atoms with van der Waals surface area (Å²) in [4.78, 5) is 20.6. The van der Waals surface area contributed by atoms with Crippen molar-refractivity contribution in [3.05, 3.63) is 96.6 Å². The largest absolute Gasteiger partial charge is 0.340 e. The van der Waals surface area contributed by atoms with Gasteiger partial charge >= 0.3 is 0 Å². The van der Waals surface area contributed by atoms with Crippen LogP contribution in [0.3, 0.4) is 0 Å². The van der Waals surface area contributed by atoms with E-state index in [1.807, 2.05) is 42.6 Å². The molecule has 1 N–H and O–H groups in total. The van der Waals surface area contributed by atoms with Crippen LogP contribution in [0.2, 0.25) is 0 Å². The van der Waals surface area contributed by atoms with Crippen molar-refractivity contribution in [2.75, 3.05) is 18.4 Å². The van der Waals surface area contributed by atoms with Crippen LogP contribution in [-0.4, -0.2) is 37.9 Å². The fourth-order valence-corrected chi connectivity index (χ4v) is 4.00. The summed E-state index contributed by atoms with van der Waals surface area (Å²) in [7, 11) is 0. The Hall–Kier alpha value is -3.71. The third kappa shape index (κ3) is 4.78. The molecule has 0 amide bonds. The molecule has 0 radical (unpaired) electrons. The molecule has 7 heteroatoms. The van der Waals surface area contributed by atoms with Gasteiger partial charge in [-0.3, -0.25) is 14.9 Å². The Labute approximate surface area is 186 Å². The van der Waals surface area contributed by atoms with Crippen molar-refractivity contribution in [2.45, 2.75) is 18.9 Å². The van der Waals surface area contributed by atoms with Crippen molar-refractivity contribution in [3.63, 3.8) is 0 Å². The molecule has 0 saturated carbocycles. The van der Waals surface area contributed by atoms with Gasteiger partial charge in [-0.15, -0.1) is 0 Å². The number of aromatic nitrogens is 4. The molecule has 1 aliphatic rings. The molecule has 1 fully saturated rings. The van der Waals surface area contributed by atoms with Crippen molar-refractivity contribution >= 4 is 11.5 Å². The van der Waals surface area contributed by atoms with Gasteiger partial charge in [-0.25, -0.2) is 14.4 Å². The minimum Gasteiger partial charge on any atom is -0.340 e. The van der Waals surface area contributed by atoms with E-state index < -0.39 is 0 Å². The summed E-state index contributed by atoms with van der Waals surface area (Å²) in [6, 6.07) is 18.1. The molecule has 4 heterocycles. The van der Waals surface area contributed by atoms with E-state index in [2.05, 4.69) is 26.3 Å². The second-order valence-electron chi connectivity index (χ2n) is 7.91. The minimum absolute atomic E-state index is 0.216. The Kier molecular flexibility index (Phi) is 5.81. The Morgan fingerprint density at radius 3 is 2.69 bits per heavy atom. The maximum atomic E-state index is 13.7. The number of benzene rings is 1. The van der Waals surface area contributed by atoms with E-state index in [-0.39, 0.29) is 11.7 Å². The van der Waals surface area contributed by atoms with E-state index >= 15 is 0 Å². The molecular weight excluding hydrogens is 403 g/mol. The third-order valence-corrected chi connectivity index (χ3v) is 5.57. The number of nitrogens with one attached hydrogen (secondary N) is 1. The first-order valence-corrected chi connectivity index (χ1v) is 10.7. The molecule has 4 aromatic rings. The van der Waals surface area contributed by atoms with Gasteiger partial charge in [-0.05, 0) is 55.4 Å². The van der Waals surface area contributed by atoms with Crippen LogP contribution in [0.25, 0.3) is 11.3 Å². The number of rotatable bonds is 6. The molecule has 6 nitrogen and oxygen atoms in total. The molecule has 1 aliphatic heterocycles. The van der Waals surface area contributed by atoms with E-state index in [1.54, 1.807) is 18.5 Å². The normalized spacial score (nSPS) is 16.2. The summed E-state index contributed by atoms with van der Waals surface area (Å²) in [6.07, 6.45) is 6.31. The summed E-state index contributed by atoms with van der Waals surface area (Å²) in [5.74, 6) is 1.37. The van der Waals surface area contributed by atoms with E-state index in [4.69, 9.17) is 9.97 Å². The molecule has 0 aliphatic carbocycles. The van der Waals surface area contributed by atoms with Crippen molar-refractivity contribution in [3.8, 4) is 11.3 Å². The van der Waals surface area contributed by atoms with Crippen molar-refractivity contribution in [2.24, 2.45) is 0 Å². The number of nitrogens with zero attached hydrogens (tertiary/aromatic N) is 5. The van der Waals surface area contributed by atoms with Crippen LogP contribution in [0.15, 0.2) is 79.3 Å². The van der Waals surface area contributed by atoms with Gasteiger partial charge in [0.25, 0.3) is 0 Å². The van der Waals surface area contributed by atoms with Gasteiger partial charge in [0.1, 0.15) is 17.5 Å². The minimum atomic E-state index is -0.292. The van der Waals surface area contributed by atoms with Gasteiger partial charge in [0, 0.05) is 54.9 Å². The zero-order valence-corrected chi connectivity index (χ0v) is 17.5. The van der Waals surface area contributed by atoms with E-state index in [1.165, 1.54) is 12.1 Å². The van der Waals surface area contributed by atoms with Gasteiger partial charge < -0.3 is 5.32 Å². The van der Waals surface area contributed by atoms with Crippen LogP contribution in [0, 0.1) is 5.82 Å². The van der Waals surface area contributed by atoms with Crippen LogP contribution in [0.5, 0.6) is 0 Å². The summed E-state index contributed by atoms with van der Waals surface area (Å²) < 4.78 is 13.7. The second-order valence-corrected chi connectivity index (χ2v) is 7.91. The quantitative estimate of drug-likeness (QED) is 0.477. The monoisotopic (exact) mass is 426 g/mol. The number of halogens is 1. The van der Waals surface area contributed by atoms with Crippen molar-refractivity contribution < 1.29 is 4.39 Å². The van der Waals surface area contributed by atoms with Gasteiger partial charge in [0.05, 0.1) is 11.4 Å². The van der Waals surface area contributed by atoms with Gasteiger partial charge in [-0.1, -0.05) is 12.1 Å². The topological polar surface area (TPSA) is 66.8 Å². The summed E-state index contributed by atoms with van der Waals surface area (Å²) in [6.45, 7) is 2.66. The fourth-order valence-electron chi connectivity index (χ4n) is 4.00. The molecule has 0 unspecified atom stereocenters. The van der Waals surface area contributed by atoms with Crippen molar-refractivity contribution in [1.82, 2.24) is 24.8 Å². The first-order valence-electron chi connectivity index (χ1n) is 10.7. The highest BCUT2D eigenvalue weighted by atomic mass is 19.1. The van der Waals surface area contributed by atoms with Gasteiger partial charge in [0.15, 0.2) is 0 Å². The summed E-state index contributed by atoms with van der Waals surface area (Å²) in [5.41, 5.74) is 3.50. The second kappa shape index (κ2) is 9.20. The number of hydrogen-bond donors (Lipinski definition) is 1. The lowest BCUT2D eigenvalue weighted by Gasteiger charge is -2.16. The van der Waals surface area contributed by atoms with Crippen LogP contribution in [0.4, 0.5) is 15.9 Å². The average molecular weight is 426 g/mol. The maximum absolute atomic E-state index is 13.7. The van der Waals surface area contributed by atoms with Gasteiger partial charge in [0.2, 0.25) is 0 Å². The lowest BCUT2D eigenvalue weighted by atomic mass is 10.1. The SMILES string of the molecule is Fc1cccc(Nc2cc(-c3ccncc3)nc([C@@H]3CCN(Cc4ccccn4)C3)n2)c1. The van der Waals surface area contributed by atoms with Crippen LogP contribution in [0.1, 0.15) is 23.9 Å². The summed E-state index contributed by atoms with van der Waals surface area (Å²) >= 11 is 0. The number of anilines is 2. The zero-order valence-electron chi connectivity index (χ0n) is 17.5. The number of hydrogen-bond acceptors (Lipinski definition) is 6. The van der Waals surface area contributed by atoms with Crippen LogP contribution >= 0.6 is 0 Å². The molecule has 3 aromatic heterocycles. The third-order valence-electron chi connectivity index (χ3n) is 5.57. The molecule has 1 aromatic carbocycles. The Morgan fingerprint density at radius 2 is 1.88 bits per heavy atom. The predicted molar refractivity (Wildman–Crippen MR) is 122 cm³/mol. The lowest BCUT2D eigenvalue weighted by Crippen LogP contribution is -2.21. The van der Waals surface area contributed by atoms with E-state index in [9.17, 15) is 4.39 Å². The van der Waals surface area contributed by atoms with E-state index in [0.717, 1.165) is 48.8 Å². The highest BCUT2D eigenvalue weighted by Crippen LogP contribution is 2.30. The Morgan fingerprint density at radius 1 is 0.969 bits per heavy atom. The smallest absolute Gasteiger partial charge is 0.135 e. The summed E-state index contributed by atoms with van der Waals surface area (Å²) in [5, 5.41) is 3.24. The first kappa shape index (κ1) is 20.2.